The Morgan fingerprint density at radius 1 is 0.857 bits per heavy atom. The predicted octanol–water partition coefficient (Wildman–Crippen LogP) is 4.62. The Morgan fingerprint density at radius 3 is 2.14 bits per heavy atom. The number of halogens is 1. The van der Waals surface area contributed by atoms with Gasteiger partial charge >= 0.3 is 0 Å². The van der Waals surface area contributed by atoms with Gasteiger partial charge in [0.15, 0.2) is 0 Å². The van der Waals surface area contributed by atoms with Crippen LogP contribution in [0.5, 0.6) is 0 Å². The largest absolute Gasteiger partial charge is 0.238 e. The third-order valence-electron chi connectivity index (χ3n) is 4.34. The molecule has 1 aromatic heterocycles. The van der Waals surface area contributed by atoms with Gasteiger partial charge in [-0.25, -0.2) is 18.2 Å². The fourth-order valence-corrected chi connectivity index (χ4v) is 3.97. The standard InChI is InChI=1S/C21H16BrN3O2S/c22-19-9-5-4-8-18(19)21-14-20(15-6-2-1-3-7-15)24-25(21)16-10-12-17(13-11-16)28(23,26)27/h1-14H,(H2,23,26,27). The molecule has 2 N–H and O–H groups in total. The van der Waals surface area contributed by atoms with E-state index in [1.54, 1.807) is 16.8 Å². The van der Waals surface area contributed by atoms with Gasteiger partial charge in [-0.2, -0.15) is 5.10 Å². The third-order valence-corrected chi connectivity index (χ3v) is 5.96. The molecule has 7 heteroatoms. The van der Waals surface area contributed by atoms with Crippen molar-refractivity contribution in [2.75, 3.05) is 0 Å². The fraction of sp³-hybridized carbons (Fsp3) is 0. The zero-order chi connectivity index (χ0) is 19.7. The molecule has 0 amide bonds. The summed E-state index contributed by atoms with van der Waals surface area (Å²) in [6.07, 6.45) is 0. The van der Waals surface area contributed by atoms with E-state index in [1.807, 2.05) is 60.7 Å². The van der Waals surface area contributed by atoms with E-state index < -0.39 is 10.0 Å². The van der Waals surface area contributed by atoms with Gasteiger partial charge in [0.2, 0.25) is 10.0 Å². The molecule has 28 heavy (non-hydrogen) atoms. The van der Waals surface area contributed by atoms with Crippen LogP contribution in [0.15, 0.2) is 94.3 Å². The first kappa shape index (κ1) is 18.6. The molecule has 0 aliphatic rings. The molecule has 1 heterocycles. The fourth-order valence-electron chi connectivity index (χ4n) is 2.97. The topological polar surface area (TPSA) is 78.0 Å². The average Bonchev–Trinajstić information content (AvgIpc) is 3.14. The van der Waals surface area contributed by atoms with Crippen LogP contribution in [0.1, 0.15) is 0 Å². The van der Waals surface area contributed by atoms with Crippen LogP contribution in [-0.4, -0.2) is 18.2 Å². The van der Waals surface area contributed by atoms with Crippen molar-refractivity contribution in [2.45, 2.75) is 4.90 Å². The van der Waals surface area contributed by atoms with Crippen LogP contribution in [0, 0.1) is 0 Å². The summed E-state index contributed by atoms with van der Waals surface area (Å²) < 4.78 is 25.8. The Kier molecular flexibility index (Phi) is 4.89. The Balaban J connectivity index is 1.90. The van der Waals surface area contributed by atoms with E-state index in [2.05, 4.69) is 15.9 Å². The molecule has 0 aliphatic carbocycles. The lowest BCUT2D eigenvalue weighted by Gasteiger charge is -2.09. The number of rotatable bonds is 4. The van der Waals surface area contributed by atoms with Crippen molar-refractivity contribution in [1.82, 2.24) is 9.78 Å². The van der Waals surface area contributed by atoms with Gasteiger partial charge in [-0.1, -0.05) is 64.5 Å². The molecule has 0 radical (unpaired) electrons. The highest BCUT2D eigenvalue weighted by Crippen LogP contribution is 2.33. The smallest absolute Gasteiger partial charge is 0.232 e. The first-order chi connectivity index (χ1) is 13.4. The van der Waals surface area contributed by atoms with Gasteiger partial charge in [0.05, 0.1) is 22.0 Å². The van der Waals surface area contributed by atoms with Gasteiger partial charge in [-0.05, 0) is 36.4 Å². The minimum Gasteiger partial charge on any atom is -0.232 e. The van der Waals surface area contributed by atoms with Crippen LogP contribution in [0.3, 0.4) is 0 Å². The molecule has 0 atom stereocenters. The van der Waals surface area contributed by atoms with Gasteiger partial charge in [-0.3, -0.25) is 0 Å². The summed E-state index contributed by atoms with van der Waals surface area (Å²) in [6, 6.07) is 26.2. The van der Waals surface area contributed by atoms with Crippen molar-refractivity contribution < 1.29 is 8.42 Å². The zero-order valence-electron chi connectivity index (χ0n) is 14.7. The summed E-state index contributed by atoms with van der Waals surface area (Å²) in [7, 11) is -3.75. The molecule has 4 rings (SSSR count). The molecule has 0 fully saturated rings. The first-order valence-electron chi connectivity index (χ1n) is 8.47. The number of sulfonamides is 1. The minimum atomic E-state index is -3.75. The van der Waals surface area contributed by atoms with E-state index in [0.29, 0.717) is 0 Å². The molecule has 0 spiro atoms. The lowest BCUT2D eigenvalue weighted by molar-refractivity contribution is 0.598. The van der Waals surface area contributed by atoms with Crippen LogP contribution in [0.25, 0.3) is 28.2 Å². The van der Waals surface area contributed by atoms with Crippen molar-refractivity contribution in [1.29, 1.82) is 0 Å². The third kappa shape index (κ3) is 3.64. The van der Waals surface area contributed by atoms with Crippen LogP contribution >= 0.6 is 15.9 Å². The molecule has 0 unspecified atom stereocenters. The van der Waals surface area contributed by atoms with Crippen LogP contribution in [0.4, 0.5) is 0 Å². The molecule has 0 saturated heterocycles. The van der Waals surface area contributed by atoms with Crippen molar-refractivity contribution in [2.24, 2.45) is 5.14 Å². The number of aromatic nitrogens is 2. The highest BCUT2D eigenvalue weighted by Gasteiger charge is 2.16. The number of benzene rings is 3. The van der Waals surface area contributed by atoms with Crippen LogP contribution < -0.4 is 5.14 Å². The minimum absolute atomic E-state index is 0.0640. The summed E-state index contributed by atoms with van der Waals surface area (Å²) >= 11 is 3.61. The van der Waals surface area contributed by atoms with Crippen LogP contribution in [0.2, 0.25) is 0 Å². The number of nitrogens with two attached hydrogens (primary N) is 1. The van der Waals surface area contributed by atoms with Gasteiger partial charge < -0.3 is 0 Å². The van der Waals surface area contributed by atoms with E-state index in [-0.39, 0.29) is 4.90 Å². The van der Waals surface area contributed by atoms with E-state index in [9.17, 15) is 8.42 Å². The Hall–Kier alpha value is -2.74. The molecule has 0 saturated carbocycles. The van der Waals surface area contributed by atoms with E-state index in [1.165, 1.54) is 12.1 Å². The molecule has 0 aliphatic heterocycles. The predicted molar refractivity (Wildman–Crippen MR) is 114 cm³/mol. The summed E-state index contributed by atoms with van der Waals surface area (Å²) in [4.78, 5) is 0.0640. The molecular weight excluding hydrogens is 438 g/mol. The normalized spacial score (nSPS) is 11.5. The second-order valence-corrected chi connectivity index (χ2v) is 8.63. The number of nitrogens with zero attached hydrogens (tertiary/aromatic N) is 2. The highest BCUT2D eigenvalue weighted by molar-refractivity contribution is 9.10. The van der Waals surface area contributed by atoms with E-state index >= 15 is 0 Å². The molecule has 3 aromatic carbocycles. The summed E-state index contributed by atoms with van der Waals surface area (Å²) in [5, 5.41) is 9.99. The second kappa shape index (κ2) is 7.35. The quantitative estimate of drug-likeness (QED) is 0.489. The Morgan fingerprint density at radius 2 is 1.50 bits per heavy atom. The SMILES string of the molecule is NS(=O)(=O)c1ccc(-n2nc(-c3ccccc3)cc2-c2ccccc2Br)cc1. The van der Waals surface area contributed by atoms with Crippen molar-refractivity contribution in [3.8, 4) is 28.2 Å². The maximum Gasteiger partial charge on any atom is 0.238 e. The van der Waals surface area contributed by atoms with Gasteiger partial charge in [0.1, 0.15) is 0 Å². The molecule has 140 valence electrons. The molecular formula is C21H16BrN3O2S. The van der Waals surface area contributed by atoms with Gasteiger partial charge in [0.25, 0.3) is 0 Å². The van der Waals surface area contributed by atoms with Crippen molar-refractivity contribution in [3.63, 3.8) is 0 Å². The van der Waals surface area contributed by atoms with Gasteiger partial charge in [-0.15, -0.1) is 0 Å². The zero-order valence-corrected chi connectivity index (χ0v) is 17.1. The molecule has 5 nitrogen and oxygen atoms in total. The van der Waals surface area contributed by atoms with Crippen molar-refractivity contribution >= 4 is 26.0 Å². The van der Waals surface area contributed by atoms with E-state index in [0.717, 1.165) is 32.7 Å². The lowest BCUT2D eigenvalue weighted by Crippen LogP contribution is -2.12. The number of hydrogen-bond donors (Lipinski definition) is 1. The number of hydrogen-bond acceptors (Lipinski definition) is 3. The second-order valence-electron chi connectivity index (χ2n) is 6.21. The maximum atomic E-state index is 11.6. The van der Waals surface area contributed by atoms with E-state index in [4.69, 9.17) is 10.2 Å². The lowest BCUT2D eigenvalue weighted by atomic mass is 10.1. The Bertz CT molecular complexity index is 1230. The van der Waals surface area contributed by atoms with Crippen molar-refractivity contribution in [3.05, 3.63) is 89.4 Å². The Labute approximate surface area is 171 Å². The highest BCUT2D eigenvalue weighted by atomic mass is 79.9. The molecule has 4 aromatic rings. The number of primary sulfonamides is 1. The summed E-state index contributed by atoms with van der Waals surface area (Å²) in [5.41, 5.74) is 4.42. The monoisotopic (exact) mass is 453 g/mol. The summed E-state index contributed by atoms with van der Waals surface area (Å²) in [5.74, 6) is 0. The maximum absolute atomic E-state index is 11.6. The summed E-state index contributed by atoms with van der Waals surface area (Å²) in [6.45, 7) is 0. The van der Waals surface area contributed by atoms with Crippen LogP contribution in [-0.2, 0) is 10.0 Å². The molecule has 0 bridgehead atoms. The average molecular weight is 454 g/mol. The first-order valence-corrected chi connectivity index (χ1v) is 10.8. The van der Waals surface area contributed by atoms with Gasteiger partial charge in [0, 0.05) is 15.6 Å².